The van der Waals surface area contributed by atoms with Crippen molar-refractivity contribution in [3.8, 4) is 5.75 Å². The van der Waals surface area contributed by atoms with Gasteiger partial charge in [-0.15, -0.1) is 0 Å². The van der Waals surface area contributed by atoms with Crippen LogP contribution in [0.5, 0.6) is 5.75 Å². The molecule has 0 unspecified atom stereocenters. The number of hydrogen-bond donors (Lipinski definition) is 1. The molecule has 0 radical (unpaired) electrons. The number of anilines is 1. The molecule has 46 heavy (non-hydrogen) atoms. The summed E-state index contributed by atoms with van der Waals surface area (Å²) >= 11 is 6.44. The van der Waals surface area contributed by atoms with Gasteiger partial charge in [0.25, 0.3) is 5.91 Å². The highest BCUT2D eigenvalue weighted by atomic mass is 35.5. The largest absolute Gasteiger partial charge is 0.490 e. The molecule has 2 aromatic rings. The first kappa shape index (κ1) is 33.3. The number of nitrogens with zero attached hydrogens (tertiary/aromatic N) is 1. The van der Waals surface area contributed by atoms with Gasteiger partial charge in [-0.25, -0.2) is 13.1 Å². The number of fused-ring (bicyclic) bond motifs is 4. The number of carbonyl (C=O) groups excluding carboxylic acids is 1. The number of benzene rings is 2. The Labute approximate surface area is 278 Å². The number of rotatable bonds is 5. The van der Waals surface area contributed by atoms with Crippen molar-refractivity contribution in [2.45, 2.75) is 75.6 Å². The highest BCUT2D eigenvalue weighted by Crippen LogP contribution is 2.47. The molecule has 2 aliphatic carbocycles. The molecule has 1 amide bonds. The smallest absolute Gasteiger partial charge is 0.264 e. The Morgan fingerprint density at radius 3 is 2.74 bits per heavy atom. The van der Waals surface area contributed by atoms with E-state index in [-0.39, 0.29) is 17.4 Å². The molecule has 1 N–H and O–H groups in total. The molecule has 2 heterocycles. The van der Waals surface area contributed by atoms with Crippen LogP contribution in [0.2, 0.25) is 5.02 Å². The van der Waals surface area contributed by atoms with E-state index in [0.717, 1.165) is 55.9 Å². The van der Waals surface area contributed by atoms with Gasteiger partial charge in [0.15, 0.2) is 0 Å². The molecule has 0 saturated heterocycles. The van der Waals surface area contributed by atoms with E-state index < -0.39 is 21.2 Å². The van der Waals surface area contributed by atoms with Crippen LogP contribution in [0.4, 0.5) is 5.69 Å². The molecule has 0 aromatic heterocycles. The highest BCUT2D eigenvalue weighted by Gasteiger charge is 2.44. The first-order chi connectivity index (χ1) is 22.1. The lowest BCUT2D eigenvalue weighted by atomic mass is 9.68. The molecule has 4 aliphatic rings. The van der Waals surface area contributed by atoms with Gasteiger partial charge in [-0.3, -0.25) is 4.79 Å². The number of nitrogens with one attached hydrogen (secondary N) is 1. The zero-order valence-electron chi connectivity index (χ0n) is 27.2. The van der Waals surface area contributed by atoms with Crippen molar-refractivity contribution in [2.24, 2.45) is 17.8 Å². The lowest BCUT2D eigenvalue weighted by molar-refractivity contribution is -0.0310. The third kappa shape index (κ3) is 6.84. The number of carbonyl (C=O) groups is 1. The zero-order chi connectivity index (χ0) is 32.5. The quantitative estimate of drug-likeness (QED) is 0.295. The van der Waals surface area contributed by atoms with Gasteiger partial charge < -0.3 is 19.1 Å². The van der Waals surface area contributed by atoms with Gasteiger partial charge >= 0.3 is 0 Å². The van der Waals surface area contributed by atoms with Crippen molar-refractivity contribution in [3.63, 3.8) is 0 Å². The lowest BCUT2D eigenvalue weighted by Gasteiger charge is -2.46. The number of aryl methyl sites for hydroxylation is 1. The second kappa shape index (κ2) is 13.9. The average molecular weight is 671 g/mol. The molecule has 250 valence electrons. The van der Waals surface area contributed by atoms with Crippen LogP contribution in [-0.2, 0) is 31.3 Å². The first-order valence-corrected chi connectivity index (χ1v) is 18.7. The number of hydrogen-bond acceptors (Lipinski definition) is 7. The van der Waals surface area contributed by atoms with Crippen molar-refractivity contribution in [1.29, 1.82) is 0 Å². The molecule has 1 fully saturated rings. The maximum absolute atomic E-state index is 13.5. The Balaban J connectivity index is 1.42. The number of halogens is 1. The van der Waals surface area contributed by atoms with Crippen molar-refractivity contribution in [2.75, 3.05) is 44.9 Å². The molecule has 1 saturated carbocycles. The predicted molar refractivity (Wildman–Crippen MR) is 181 cm³/mol. The molecule has 6 atom stereocenters. The minimum atomic E-state index is -3.91. The second-order valence-corrected chi connectivity index (χ2v) is 16.1. The van der Waals surface area contributed by atoms with E-state index in [0.29, 0.717) is 55.8 Å². The number of sulfonamides is 1. The van der Waals surface area contributed by atoms with Crippen LogP contribution in [0, 0.1) is 17.8 Å². The standard InChI is InChI=1S/C36H47ClN2O6S/c1-4-29-18-24(2)7-13-33(44-17-16-43-3)30-11-8-27(30)21-39-22-36(15-5-6-25-19-28(37)10-12-31(25)36)23-45-34-14-9-26(20-32(34)39)35(40)38-46(29,41)42/h7,9-10,12-14,19-20,24,27,29-30,33H,4-6,8,11,15-18,21-23H2,1-3H3,(H,38,40)/b13-7-/t24-,27+,29-,30-,33+,36+/m1/s1. The molecule has 1 spiro atoms. The van der Waals surface area contributed by atoms with Crippen LogP contribution in [0.3, 0.4) is 0 Å². The van der Waals surface area contributed by atoms with E-state index in [2.05, 4.69) is 33.9 Å². The number of allylic oxidation sites excluding steroid dienone is 1. The summed E-state index contributed by atoms with van der Waals surface area (Å²) < 4.78 is 47.7. The summed E-state index contributed by atoms with van der Waals surface area (Å²) in [7, 11) is -2.23. The fourth-order valence-electron chi connectivity index (χ4n) is 7.96. The Kier molecular flexibility index (Phi) is 10.0. The molecular formula is C36H47ClN2O6S. The van der Waals surface area contributed by atoms with Crippen molar-refractivity contribution in [1.82, 2.24) is 4.72 Å². The van der Waals surface area contributed by atoms with Gasteiger partial charge in [-0.2, -0.15) is 0 Å². The fourth-order valence-corrected chi connectivity index (χ4v) is 9.69. The van der Waals surface area contributed by atoms with Crippen LogP contribution < -0.4 is 14.4 Å². The summed E-state index contributed by atoms with van der Waals surface area (Å²) in [4.78, 5) is 15.9. The normalized spacial score (nSPS) is 31.4. The molecule has 10 heteroatoms. The van der Waals surface area contributed by atoms with Gasteiger partial charge in [-0.05, 0) is 104 Å². The third-order valence-electron chi connectivity index (χ3n) is 10.6. The lowest BCUT2D eigenvalue weighted by Crippen LogP contribution is -2.49. The molecule has 2 bridgehead atoms. The van der Waals surface area contributed by atoms with Gasteiger partial charge in [0.1, 0.15) is 5.75 Å². The fraction of sp³-hybridized carbons (Fsp3) is 0.583. The molecular weight excluding hydrogens is 624 g/mol. The molecule has 8 nitrogen and oxygen atoms in total. The Morgan fingerprint density at radius 1 is 1.13 bits per heavy atom. The monoisotopic (exact) mass is 670 g/mol. The Bertz CT molecular complexity index is 1560. The second-order valence-electron chi connectivity index (χ2n) is 13.7. The number of ether oxygens (including phenoxy) is 3. The molecule has 2 aliphatic heterocycles. The highest BCUT2D eigenvalue weighted by molar-refractivity contribution is 7.90. The van der Waals surface area contributed by atoms with Crippen LogP contribution in [0.15, 0.2) is 48.6 Å². The van der Waals surface area contributed by atoms with E-state index >= 15 is 0 Å². The topological polar surface area (TPSA) is 94.2 Å². The van der Waals surface area contributed by atoms with Gasteiger partial charge in [0, 0.05) is 36.2 Å². The van der Waals surface area contributed by atoms with Crippen molar-refractivity contribution in [3.05, 3.63) is 70.3 Å². The maximum Gasteiger partial charge on any atom is 0.264 e. The summed E-state index contributed by atoms with van der Waals surface area (Å²) in [5, 5.41) is 0.0439. The summed E-state index contributed by atoms with van der Waals surface area (Å²) in [6.45, 7) is 6.90. The minimum Gasteiger partial charge on any atom is -0.490 e. The third-order valence-corrected chi connectivity index (χ3v) is 12.8. The van der Waals surface area contributed by atoms with Gasteiger partial charge in [-0.1, -0.05) is 43.7 Å². The van der Waals surface area contributed by atoms with Gasteiger partial charge in [0.05, 0.1) is 36.9 Å². The van der Waals surface area contributed by atoms with Crippen LogP contribution >= 0.6 is 11.6 Å². The van der Waals surface area contributed by atoms with Crippen molar-refractivity contribution >= 4 is 33.2 Å². The van der Waals surface area contributed by atoms with Gasteiger partial charge in [0.2, 0.25) is 10.0 Å². The van der Waals surface area contributed by atoms with E-state index in [4.69, 9.17) is 25.8 Å². The molecule has 2 aromatic carbocycles. The van der Waals surface area contributed by atoms with Crippen molar-refractivity contribution < 1.29 is 27.4 Å². The summed E-state index contributed by atoms with van der Waals surface area (Å²) in [5.41, 5.74) is 3.44. The van der Waals surface area contributed by atoms with E-state index in [9.17, 15) is 13.2 Å². The van der Waals surface area contributed by atoms with E-state index in [1.54, 1.807) is 13.2 Å². The Morgan fingerprint density at radius 2 is 1.98 bits per heavy atom. The summed E-state index contributed by atoms with van der Waals surface area (Å²) in [6.07, 6.45) is 10.1. The van der Waals surface area contributed by atoms with Crippen LogP contribution in [-0.4, -0.2) is 65.7 Å². The molecule has 6 rings (SSSR count). The summed E-state index contributed by atoms with van der Waals surface area (Å²) in [6, 6.07) is 11.6. The van der Waals surface area contributed by atoms with Crippen LogP contribution in [0.1, 0.15) is 73.9 Å². The SMILES string of the molecule is CC[C@@H]1C[C@H](C)/C=C\[C@H](OCCOC)[C@@H]2CC[C@H]2CN2C[C@@]3(CCCc4cc(Cl)ccc43)COc3ccc(cc32)C(=O)NS1(=O)=O. The zero-order valence-corrected chi connectivity index (χ0v) is 28.7. The Hall–Kier alpha value is -2.59. The van der Waals surface area contributed by atoms with Crippen LogP contribution in [0.25, 0.3) is 0 Å². The number of methoxy groups -OCH3 is 1. The minimum absolute atomic E-state index is 0.00930. The summed E-state index contributed by atoms with van der Waals surface area (Å²) in [5.74, 6) is 0.776. The number of amides is 1. The maximum atomic E-state index is 13.5. The van der Waals surface area contributed by atoms with E-state index in [1.165, 1.54) is 11.1 Å². The first-order valence-electron chi connectivity index (χ1n) is 16.8. The predicted octanol–water partition coefficient (Wildman–Crippen LogP) is 6.31. The average Bonchev–Trinajstić information content (AvgIpc) is 3.16. The van der Waals surface area contributed by atoms with E-state index in [1.807, 2.05) is 32.0 Å².